The molecule has 0 aliphatic rings. The number of halogens is 1. The van der Waals surface area contributed by atoms with E-state index >= 15 is 0 Å². The van der Waals surface area contributed by atoms with Crippen LogP contribution >= 0.6 is 11.6 Å². The normalized spacial score (nSPS) is 13.4. The van der Waals surface area contributed by atoms with Crippen molar-refractivity contribution in [1.29, 1.82) is 0 Å². The molecule has 1 N–H and O–H groups in total. The Morgan fingerprint density at radius 2 is 1.93 bits per heavy atom. The minimum Gasteiger partial charge on any atom is -0.408 e. The fraction of sp³-hybridized carbons (Fsp3) is 0.278. The molecule has 1 heterocycles. The van der Waals surface area contributed by atoms with E-state index in [0.717, 1.165) is 5.56 Å². The van der Waals surface area contributed by atoms with Gasteiger partial charge in [-0.2, -0.15) is 0 Å². The number of aromatic nitrogens is 1. The Balaban J connectivity index is 1.87. The van der Waals surface area contributed by atoms with Gasteiger partial charge in [0.2, 0.25) is 10.0 Å². The van der Waals surface area contributed by atoms with Crippen molar-refractivity contribution in [3.8, 4) is 0 Å². The minimum absolute atomic E-state index is 0.0287. The van der Waals surface area contributed by atoms with E-state index in [1.807, 2.05) is 37.2 Å². The zero-order valence-corrected chi connectivity index (χ0v) is 16.7. The van der Waals surface area contributed by atoms with Crippen molar-refractivity contribution in [3.63, 3.8) is 0 Å². The Hall–Kier alpha value is -2.13. The van der Waals surface area contributed by atoms with Crippen molar-refractivity contribution in [2.75, 3.05) is 20.6 Å². The van der Waals surface area contributed by atoms with E-state index in [2.05, 4.69) is 4.72 Å². The van der Waals surface area contributed by atoms with E-state index < -0.39 is 15.8 Å². The van der Waals surface area contributed by atoms with Gasteiger partial charge < -0.3 is 9.32 Å². The first kappa shape index (κ1) is 19.6. The fourth-order valence-electron chi connectivity index (χ4n) is 2.87. The largest absolute Gasteiger partial charge is 0.419 e. The molecule has 7 nitrogen and oxygen atoms in total. The molecule has 144 valence electrons. The maximum absolute atomic E-state index is 12.7. The quantitative estimate of drug-likeness (QED) is 0.675. The number of hydrogen-bond acceptors (Lipinski definition) is 5. The number of nitrogens with one attached hydrogen (secondary N) is 1. The molecular weight excluding hydrogens is 390 g/mol. The lowest BCUT2D eigenvalue weighted by Crippen LogP contribution is -2.34. The molecule has 27 heavy (non-hydrogen) atoms. The SMILES string of the molecule is CN(C)[C@H](CNS(=O)(=O)c1ccc2c(c1)oc(=O)n2C)c1ccccc1Cl. The average molecular weight is 410 g/mol. The van der Waals surface area contributed by atoms with Crippen LogP contribution in [0.5, 0.6) is 0 Å². The number of rotatable bonds is 6. The second-order valence-corrected chi connectivity index (χ2v) is 8.58. The van der Waals surface area contributed by atoms with Crippen LogP contribution in [-0.2, 0) is 17.1 Å². The van der Waals surface area contributed by atoms with E-state index in [1.54, 1.807) is 19.2 Å². The Kier molecular flexibility index (Phi) is 5.43. The molecule has 0 saturated heterocycles. The standard InChI is InChI=1S/C18H20ClN3O4S/c1-21(2)16(13-6-4-5-7-14(13)19)11-20-27(24,25)12-8-9-15-17(10-12)26-18(23)22(15)3/h4-10,16,20H,11H2,1-3H3/t16-/m1/s1. The summed E-state index contributed by atoms with van der Waals surface area (Å²) in [7, 11) is 1.47. The van der Waals surface area contributed by atoms with Crippen molar-refractivity contribution in [2.24, 2.45) is 7.05 Å². The highest BCUT2D eigenvalue weighted by Crippen LogP contribution is 2.26. The van der Waals surface area contributed by atoms with Crippen LogP contribution in [0.25, 0.3) is 11.1 Å². The number of benzene rings is 2. The van der Waals surface area contributed by atoms with Gasteiger partial charge in [-0.1, -0.05) is 29.8 Å². The van der Waals surface area contributed by atoms with E-state index in [1.165, 1.54) is 16.7 Å². The highest BCUT2D eigenvalue weighted by Gasteiger charge is 2.22. The van der Waals surface area contributed by atoms with E-state index in [0.29, 0.717) is 10.5 Å². The lowest BCUT2D eigenvalue weighted by molar-refractivity contribution is 0.299. The Morgan fingerprint density at radius 3 is 2.59 bits per heavy atom. The molecule has 0 spiro atoms. The Labute approximate surface area is 162 Å². The lowest BCUT2D eigenvalue weighted by Gasteiger charge is -2.26. The molecule has 0 unspecified atom stereocenters. The molecule has 0 bridgehead atoms. The van der Waals surface area contributed by atoms with Crippen molar-refractivity contribution < 1.29 is 12.8 Å². The van der Waals surface area contributed by atoms with Crippen LogP contribution in [0.1, 0.15) is 11.6 Å². The molecule has 2 aromatic carbocycles. The third-order valence-corrected chi connectivity index (χ3v) is 6.19. The topological polar surface area (TPSA) is 84.6 Å². The molecule has 3 aromatic rings. The summed E-state index contributed by atoms with van der Waals surface area (Å²) >= 11 is 6.26. The van der Waals surface area contributed by atoms with Gasteiger partial charge in [0, 0.05) is 30.7 Å². The van der Waals surface area contributed by atoms with Crippen LogP contribution in [0.15, 0.2) is 56.6 Å². The van der Waals surface area contributed by atoms with Crippen LogP contribution in [0.3, 0.4) is 0 Å². The second-order valence-electron chi connectivity index (χ2n) is 6.41. The summed E-state index contributed by atoms with van der Waals surface area (Å²) in [6, 6.07) is 11.4. The second kappa shape index (κ2) is 7.47. The molecule has 1 aromatic heterocycles. The summed E-state index contributed by atoms with van der Waals surface area (Å²) in [5.41, 5.74) is 1.58. The van der Waals surface area contributed by atoms with Gasteiger partial charge in [-0.05, 0) is 37.9 Å². The number of likely N-dealkylation sites (N-methyl/N-ethyl adjacent to an activating group) is 1. The summed E-state index contributed by atoms with van der Waals surface area (Å²) in [5.74, 6) is -0.543. The maximum Gasteiger partial charge on any atom is 0.419 e. The average Bonchev–Trinajstić information content (AvgIpc) is 2.90. The summed E-state index contributed by atoms with van der Waals surface area (Å²) in [6.07, 6.45) is 0. The summed E-state index contributed by atoms with van der Waals surface area (Å²) in [4.78, 5) is 13.5. The molecule has 1 atom stereocenters. The van der Waals surface area contributed by atoms with E-state index in [4.69, 9.17) is 16.0 Å². The maximum atomic E-state index is 12.7. The monoisotopic (exact) mass is 409 g/mol. The van der Waals surface area contributed by atoms with E-state index in [-0.39, 0.29) is 23.1 Å². The molecule has 0 fully saturated rings. The van der Waals surface area contributed by atoms with Crippen LogP contribution in [-0.4, -0.2) is 38.5 Å². The molecule has 0 aliphatic heterocycles. The number of oxazole rings is 1. The molecule has 0 radical (unpaired) electrons. The molecule has 0 aliphatic carbocycles. The van der Waals surface area contributed by atoms with Crippen LogP contribution in [0.2, 0.25) is 5.02 Å². The first-order chi connectivity index (χ1) is 12.7. The number of fused-ring (bicyclic) bond motifs is 1. The first-order valence-electron chi connectivity index (χ1n) is 8.21. The lowest BCUT2D eigenvalue weighted by atomic mass is 10.1. The number of aryl methyl sites for hydroxylation is 1. The van der Waals surface area contributed by atoms with Gasteiger partial charge in [0.1, 0.15) is 0 Å². The smallest absolute Gasteiger partial charge is 0.408 e. The third kappa shape index (κ3) is 3.93. The Bertz CT molecular complexity index is 1130. The number of nitrogens with zero attached hydrogens (tertiary/aromatic N) is 2. The predicted octanol–water partition coefficient (Wildman–Crippen LogP) is 2.37. The van der Waals surface area contributed by atoms with Crippen LogP contribution in [0, 0.1) is 0 Å². The van der Waals surface area contributed by atoms with Gasteiger partial charge in [0.15, 0.2) is 5.58 Å². The highest BCUT2D eigenvalue weighted by molar-refractivity contribution is 7.89. The zero-order valence-electron chi connectivity index (χ0n) is 15.1. The summed E-state index contributed by atoms with van der Waals surface area (Å²) < 4.78 is 34.4. The molecule has 9 heteroatoms. The molecule has 3 rings (SSSR count). The van der Waals surface area contributed by atoms with Crippen molar-refractivity contribution in [3.05, 3.63) is 63.6 Å². The van der Waals surface area contributed by atoms with Gasteiger partial charge in [-0.15, -0.1) is 0 Å². The Morgan fingerprint density at radius 1 is 1.22 bits per heavy atom. The van der Waals surface area contributed by atoms with Crippen LogP contribution in [0.4, 0.5) is 0 Å². The summed E-state index contributed by atoms with van der Waals surface area (Å²) in [5, 5.41) is 0.572. The van der Waals surface area contributed by atoms with Crippen molar-refractivity contribution in [2.45, 2.75) is 10.9 Å². The van der Waals surface area contributed by atoms with Crippen molar-refractivity contribution in [1.82, 2.24) is 14.2 Å². The first-order valence-corrected chi connectivity index (χ1v) is 10.1. The number of sulfonamides is 1. The summed E-state index contributed by atoms with van der Waals surface area (Å²) in [6.45, 7) is 0.135. The molecule has 0 amide bonds. The van der Waals surface area contributed by atoms with E-state index in [9.17, 15) is 13.2 Å². The van der Waals surface area contributed by atoms with Gasteiger partial charge in [0.05, 0.1) is 10.4 Å². The minimum atomic E-state index is -3.80. The van der Waals surface area contributed by atoms with Crippen LogP contribution < -0.4 is 10.5 Å². The third-order valence-electron chi connectivity index (χ3n) is 4.43. The van der Waals surface area contributed by atoms with Crippen molar-refractivity contribution >= 4 is 32.7 Å². The number of hydrogen-bond donors (Lipinski definition) is 1. The molecular formula is C18H20ClN3O4S. The van der Waals surface area contributed by atoms with Gasteiger partial charge in [-0.25, -0.2) is 17.9 Å². The van der Waals surface area contributed by atoms with Gasteiger partial charge in [0.25, 0.3) is 0 Å². The highest BCUT2D eigenvalue weighted by atomic mass is 35.5. The predicted molar refractivity (Wildman–Crippen MR) is 105 cm³/mol. The van der Waals surface area contributed by atoms with Gasteiger partial charge in [-0.3, -0.25) is 4.57 Å². The fourth-order valence-corrected chi connectivity index (χ4v) is 4.18. The molecule has 0 saturated carbocycles. The van der Waals surface area contributed by atoms with Gasteiger partial charge >= 0.3 is 5.76 Å². The zero-order chi connectivity index (χ0) is 19.8.